The Bertz CT molecular complexity index is 2180. The molecular weight excluding hydrogens is 733 g/mol. The monoisotopic (exact) mass is 772 g/mol. The van der Waals surface area contributed by atoms with E-state index in [2.05, 4.69) is 40.2 Å². The third-order valence-electron chi connectivity index (χ3n) is 11.6. The van der Waals surface area contributed by atoms with Crippen molar-refractivity contribution in [2.45, 2.75) is 56.5 Å². The van der Waals surface area contributed by atoms with Crippen LogP contribution in [-0.2, 0) is 26.1 Å². The number of carbonyl (C=O) groups is 5. The molecule has 0 aliphatic carbocycles. The van der Waals surface area contributed by atoms with E-state index in [1.807, 2.05) is 6.07 Å². The number of likely N-dealkylation sites (tertiary alicyclic amines) is 1. The molecule has 3 aromatic rings. The number of aromatic nitrogens is 2. The van der Waals surface area contributed by atoms with Crippen LogP contribution < -0.4 is 20.4 Å². The Balaban J connectivity index is 0.797. The molecule has 1 unspecified atom stereocenters. The molecule has 5 amide bonds. The van der Waals surface area contributed by atoms with Crippen molar-refractivity contribution in [2.24, 2.45) is 0 Å². The van der Waals surface area contributed by atoms with Gasteiger partial charge in [-0.05, 0) is 50.6 Å². The predicted molar refractivity (Wildman–Crippen MR) is 196 cm³/mol. The lowest BCUT2D eigenvalue weighted by Gasteiger charge is -2.55. The summed E-state index contributed by atoms with van der Waals surface area (Å²) < 4.78 is 41.8. The lowest BCUT2D eigenvalue weighted by molar-refractivity contribution is -0.137. The summed E-state index contributed by atoms with van der Waals surface area (Å²) in [6, 6.07) is 8.12. The fourth-order valence-corrected chi connectivity index (χ4v) is 8.02. The van der Waals surface area contributed by atoms with Gasteiger partial charge in [0.1, 0.15) is 11.6 Å². The van der Waals surface area contributed by atoms with Crippen LogP contribution >= 0.6 is 0 Å². The van der Waals surface area contributed by atoms with Crippen LogP contribution in [0.15, 0.2) is 48.8 Å². The maximum atomic E-state index is 13.4. The molecule has 15 nitrogen and oxygen atoms in total. The van der Waals surface area contributed by atoms with Gasteiger partial charge in [-0.1, -0.05) is 6.07 Å². The van der Waals surface area contributed by atoms with Crippen LogP contribution in [0.5, 0.6) is 0 Å². The number of rotatable bonds is 8. The predicted octanol–water partition coefficient (Wildman–Crippen LogP) is 2.92. The summed E-state index contributed by atoms with van der Waals surface area (Å²) in [5.41, 5.74) is -0.696. The van der Waals surface area contributed by atoms with E-state index in [4.69, 9.17) is 6.57 Å². The van der Waals surface area contributed by atoms with Gasteiger partial charge in [0.05, 0.1) is 35.1 Å². The van der Waals surface area contributed by atoms with E-state index in [1.165, 1.54) is 10.7 Å². The van der Waals surface area contributed by atoms with Gasteiger partial charge in [0.15, 0.2) is 5.69 Å². The van der Waals surface area contributed by atoms with Crippen LogP contribution in [0.4, 0.5) is 35.9 Å². The molecule has 292 valence electrons. The van der Waals surface area contributed by atoms with Crippen molar-refractivity contribution >= 4 is 52.3 Å². The van der Waals surface area contributed by atoms with E-state index in [0.29, 0.717) is 12.1 Å². The Morgan fingerprint density at radius 1 is 0.875 bits per heavy atom. The molecule has 2 N–H and O–H groups in total. The highest BCUT2D eigenvalue weighted by molar-refractivity contribution is 6.23. The maximum Gasteiger partial charge on any atom is 0.407 e. The fourth-order valence-electron chi connectivity index (χ4n) is 8.02. The average molecular weight is 773 g/mol. The van der Waals surface area contributed by atoms with E-state index in [-0.39, 0.29) is 29.7 Å². The lowest BCUT2D eigenvalue weighted by Crippen LogP contribution is -2.71. The molecule has 8 rings (SSSR count). The van der Waals surface area contributed by atoms with Gasteiger partial charge in [0.25, 0.3) is 17.7 Å². The molecule has 1 aromatic heterocycles. The Hall–Kier alpha value is -5.80. The molecule has 4 saturated heterocycles. The molecule has 5 aliphatic rings. The number of alkyl halides is 3. The van der Waals surface area contributed by atoms with Gasteiger partial charge in [-0.15, -0.1) is 0 Å². The largest absolute Gasteiger partial charge is 0.407 e. The zero-order valence-electron chi connectivity index (χ0n) is 30.7. The summed E-state index contributed by atoms with van der Waals surface area (Å²) in [5.74, 6) is -2.63. The molecule has 5 aliphatic heterocycles. The van der Waals surface area contributed by atoms with Crippen LogP contribution in [0.25, 0.3) is 4.85 Å². The minimum absolute atomic E-state index is 0.0624. The minimum atomic E-state index is -4.73. The number of carbonyl (C=O) groups excluding carboxylic acids is 5. The number of piperidine rings is 1. The highest BCUT2D eigenvalue weighted by atomic mass is 19.4. The first-order valence-corrected chi connectivity index (χ1v) is 18.4. The second-order valence-electron chi connectivity index (χ2n) is 15.4. The Kier molecular flexibility index (Phi) is 9.11. The van der Waals surface area contributed by atoms with E-state index >= 15 is 0 Å². The fraction of sp³-hybridized carbons (Fsp3) is 0.447. The number of fused-ring (bicyclic) bond motifs is 1. The van der Waals surface area contributed by atoms with Gasteiger partial charge in [0.2, 0.25) is 11.8 Å². The van der Waals surface area contributed by atoms with E-state index in [0.717, 1.165) is 80.8 Å². The van der Waals surface area contributed by atoms with E-state index in [1.54, 1.807) is 38.4 Å². The summed E-state index contributed by atoms with van der Waals surface area (Å²) in [7, 11) is 0. The zero-order chi connectivity index (χ0) is 39.7. The number of benzene rings is 2. The molecule has 2 aromatic carbocycles. The Morgan fingerprint density at radius 3 is 2.25 bits per heavy atom. The molecule has 0 saturated carbocycles. The summed E-state index contributed by atoms with van der Waals surface area (Å²) in [4.78, 5) is 76.8. The summed E-state index contributed by atoms with van der Waals surface area (Å²) in [6.45, 7) is 17.0. The normalized spacial score (nSPS) is 21.4. The molecule has 0 radical (unpaired) electrons. The van der Waals surface area contributed by atoms with Crippen molar-refractivity contribution in [3.05, 3.63) is 76.9 Å². The van der Waals surface area contributed by atoms with Gasteiger partial charge < -0.3 is 15.1 Å². The number of piperazine rings is 1. The number of halogens is 3. The summed E-state index contributed by atoms with van der Waals surface area (Å²) in [5, 5.41) is 9.17. The van der Waals surface area contributed by atoms with Crippen molar-refractivity contribution in [1.82, 2.24) is 29.8 Å². The minimum Gasteiger partial charge on any atom is -0.369 e. The number of nitrogens with zero attached hydrogens (tertiary/aromatic N) is 8. The smallest absolute Gasteiger partial charge is 0.369 e. The number of hydrogen-bond acceptors (Lipinski definition) is 10. The van der Waals surface area contributed by atoms with Gasteiger partial charge in [0, 0.05) is 88.4 Å². The van der Waals surface area contributed by atoms with Crippen LogP contribution in [-0.4, -0.2) is 124 Å². The highest BCUT2D eigenvalue weighted by Crippen LogP contribution is 2.39. The van der Waals surface area contributed by atoms with E-state index < -0.39 is 58.5 Å². The van der Waals surface area contributed by atoms with Crippen molar-refractivity contribution in [3.8, 4) is 0 Å². The lowest BCUT2D eigenvalue weighted by atomic mass is 9.98. The topological polar surface area (TPSA) is 148 Å². The number of anilines is 3. The molecule has 56 heavy (non-hydrogen) atoms. The first-order valence-electron chi connectivity index (χ1n) is 18.4. The van der Waals surface area contributed by atoms with Crippen LogP contribution in [0.1, 0.15) is 53.0 Å². The quantitative estimate of drug-likeness (QED) is 0.259. The zero-order valence-corrected chi connectivity index (χ0v) is 30.7. The third kappa shape index (κ3) is 6.53. The number of imide groups is 2. The maximum absolute atomic E-state index is 13.4. The molecule has 0 bridgehead atoms. The second kappa shape index (κ2) is 13.7. The molecule has 4 fully saturated rings. The third-order valence-corrected chi connectivity index (χ3v) is 11.6. The second-order valence-corrected chi connectivity index (χ2v) is 15.4. The first kappa shape index (κ1) is 37.1. The SMILES string of the molecule is [C-]#[N+]c1ccc(NC(=O)C(C)(C)n2cc(N3CC(N4CC(N5CCN(c6ccc7c(c6)C(=O)N(C6CCC(=O)NC6=O)C7=O)CC5)C4)C3)cn2)cc1C(F)(F)F. The molecular formula is C38H39F3N10O5. The van der Waals surface area contributed by atoms with Crippen molar-refractivity contribution in [3.63, 3.8) is 0 Å². The van der Waals surface area contributed by atoms with Crippen molar-refractivity contribution < 1.29 is 37.1 Å². The Labute approximate surface area is 319 Å². The molecule has 1 atom stereocenters. The standard InChI is InChI=1S/C38H39F3N10O5/c1-37(2,36(56)44-22-4-7-30(42-3)29(14-22)38(39,40)41)50-21-24(16-43-50)48-19-26(20-48)49-17-25(18-49)47-12-10-46(11-13-47)23-5-6-27-28(15-23)35(55)51(34(27)54)31-8-9-32(52)45-33(31)53/h4-7,14-16,21,25-26,31H,8-13,17-20H2,1-2H3,(H,44,56)(H,45,52,53). The van der Waals surface area contributed by atoms with Gasteiger partial charge in [-0.2, -0.15) is 18.3 Å². The summed E-state index contributed by atoms with van der Waals surface area (Å²) >= 11 is 0. The average Bonchev–Trinajstić information content (AvgIpc) is 3.71. The number of amides is 5. The van der Waals surface area contributed by atoms with Crippen molar-refractivity contribution in [2.75, 3.05) is 67.5 Å². The molecule has 6 heterocycles. The Morgan fingerprint density at radius 2 is 1.57 bits per heavy atom. The number of nitrogens with one attached hydrogen (secondary N) is 2. The first-order chi connectivity index (χ1) is 26.6. The van der Waals surface area contributed by atoms with Crippen LogP contribution in [0.2, 0.25) is 0 Å². The van der Waals surface area contributed by atoms with E-state index in [9.17, 15) is 37.1 Å². The highest BCUT2D eigenvalue weighted by Gasteiger charge is 2.46. The van der Waals surface area contributed by atoms with Gasteiger partial charge in [-0.3, -0.25) is 48.7 Å². The summed E-state index contributed by atoms with van der Waals surface area (Å²) in [6.07, 6.45) is -1.11. The molecule has 18 heteroatoms. The van der Waals surface area contributed by atoms with Gasteiger partial charge in [-0.25, -0.2) is 4.85 Å². The van der Waals surface area contributed by atoms with Gasteiger partial charge >= 0.3 is 6.18 Å². The molecule has 0 spiro atoms. The van der Waals surface area contributed by atoms with Crippen LogP contribution in [0.3, 0.4) is 0 Å². The number of hydrogen-bond donors (Lipinski definition) is 2. The van der Waals surface area contributed by atoms with Crippen LogP contribution in [0, 0.1) is 6.57 Å². The van der Waals surface area contributed by atoms with Crippen molar-refractivity contribution in [1.29, 1.82) is 0 Å².